The van der Waals surface area contributed by atoms with Crippen LogP contribution in [0.25, 0.3) is 10.9 Å². The number of nitrogens with zero attached hydrogens (tertiary/aromatic N) is 2. The van der Waals surface area contributed by atoms with E-state index in [0.717, 1.165) is 22.2 Å². The van der Waals surface area contributed by atoms with Crippen molar-refractivity contribution in [1.29, 1.82) is 0 Å². The van der Waals surface area contributed by atoms with Gasteiger partial charge in [0.1, 0.15) is 0 Å². The standard InChI is InChI=1S/C17H20F3N3O2S/c1-12-3-2-4-14-15(5-8-21-16(12)14)22-11-13-6-9-23(10-7-13)26(24,25)17(18,19)20/h2-5,8,13H,6-7,9-11H2,1H3,(H,21,22). The van der Waals surface area contributed by atoms with Crippen LogP contribution in [0.15, 0.2) is 30.5 Å². The average Bonchev–Trinajstić information content (AvgIpc) is 2.60. The molecule has 0 amide bonds. The van der Waals surface area contributed by atoms with E-state index < -0.39 is 15.5 Å². The minimum atomic E-state index is -5.23. The predicted octanol–water partition coefficient (Wildman–Crippen LogP) is 3.52. The van der Waals surface area contributed by atoms with Gasteiger partial charge in [0.2, 0.25) is 0 Å². The topological polar surface area (TPSA) is 62.3 Å². The highest BCUT2D eigenvalue weighted by Gasteiger charge is 2.50. The van der Waals surface area contributed by atoms with Gasteiger partial charge < -0.3 is 5.32 Å². The molecular formula is C17H20F3N3O2S. The van der Waals surface area contributed by atoms with E-state index in [1.165, 1.54) is 0 Å². The third-order valence-corrected chi connectivity index (χ3v) is 6.39. The maximum atomic E-state index is 12.6. The van der Waals surface area contributed by atoms with E-state index >= 15 is 0 Å². The van der Waals surface area contributed by atoms with Gasteiger partial charge in [-0.2, -0.15) is 17.5 Å². The molecule has 0 spiro atoms. The van der Waals surface area contributed by atoms with Crippen LogP contribution in [-0.2, 0) is 10.0 Å². The van der Waals surface area contributed by atoms with Gasteiger partial charge in [-0.1, -0.05) is 18.2 Å². The molecule has 2 heterocycles. The molecule has 2 aromatic rings. The molecule has 1 fully saturated rings. The van der Waals surface area contributed by atoms with Gasteiger partial charge in [0, 0.05) is 36.9 Å². The number of fused-ring (bicyclic) bond motifs is 1. The molecule has 1 aromatic heterocycles. The number of aromatic nitrogens is 1. The molecule has 3 rings (SSSR count). The Morgan fingerprint density at radius 3 is 2.58 bits per heavy atom. The Morgan fingerprint density at radius 2 is 1.92 bits per heavy atom. The van der Waals surface area contributed by atoms with Crippen molar-refractivity contribution in [3.8, 4) is 0 Å². The van der Waals surface area contributed by atoms with Crippen LogP contribution >= 0.6 is 0 Å². The SMILES string of the molecule is Cc1cccc2c(NCC3CCN(S(=O)(=O)C(F)(F)F)CC3)ccnc12. The van der Waals surface area contributed by atoms with E-state index in [4.69, 9.17) is 0 Å². The van der Waals surface area contributed by atoms with Crippen LogP contribution < -0.4 is 5.32 Å². The molecule has 0 atom stereocenters. The molecule has 5 nitrogen and oxygen atoms in total. The third-order valence-electron chi connectivity index (χ3n) is 4.76. The third kappa shape index (κ3) is 3.64. The van der Waals surface area contributed by atoms with Crippen LogP contribution in [0.2, 0.25) is 0 Å². The van der Waals surface area contributed by atoms with E-state index in [1.54, 1.807) is 6.20 Å². The normalized spacial score (nSPS) is 17.5. The number of hydrogen-bond donors (Lipinski definition) is 1. The monoisotopic (exact) mass is 387 g/mol. The van der Waals surface area contributed by atoms with E-state index in [2.05, 4.69) is 10.3 Å². The van der Waals surface area contributed by atoms with Gasteiger partial charge in [0.25, 0.3) is 0 Å². The van der Waals surface area contributed by atoms with E-state index in [-0.39, 0.29) is 19.0 Å². The smallest absolute Gasteiger partial charge is 0.384 e. The second kappa shape index (κ2) is 7.03. The summed E-state index contributed by atoms with van der Waals surface area (Å²) in [5, 5.41) is 4.33. The number of benzene rings is 1. The zero-order valence-electron chi connectivity index (χ0n) is 14.3. The van der Waals surface area contributed by atoms with E-state index in [9.17, 15) is 21.6 Å². The van der Waals surface area contributed by atoms with Gasteiger partial charge in [0.05, 0.1) is 5.52 Å². The predicted molar refractivity (Wildman–Crippen MR) is 94.2 cm³/mol. The summed E-state index contributed by atoms with van der Waals surface area (Å²) < 4.78 is 61.3. The highest BCUT2D eigenvalue weighted by molar-refractivity contribution is 7.90. The summed E-state index contributed by atoms with van der Waals surface area (Å²) in [6.07, 6.45) is 2.50. The molecule has 1 N–H and O–H groups in total. The number of pyridine rings is 1. The lowest BCUT2D eigenvalue weighted by molar-refractivity contribution is -0.0496. The lowest BCUT2D eigenvalue weighted by atomic mass is 9.98. The van der Waals surface area contributed by atoms with Crippen molar-refractivity contribution in [1.82, 2.24) is 9.29 Å². The van der Waals surface area contributed by atoms with Crippen molar-refractivity contribution in [2.75, 3.05) is 25.0 Å². The molecule has 0 saturated carbocycles. The molecule has 0 aliphatic carbocycles. The van der Waals surface area contributed by atoms with Crippen molar-refractivity contribution in [2.45, 2.75) is 25.3 Å². The lowest BCUT2D eigenvalue weighted by Gasteiger charge is -2.31. The average molecular weight is 387 g/mol. The van der Waals surface area contributed by atoms with Crippen molar-refractivity contribution in [3.63, 3.8) is 0 Å². The minimum Gasteiger partial charge on any atom is -0.384 e. The van der Waals surface area contributed by atoms with E-state index in [1.807, 2.05) is 31.2 Å². The number of anilines is 1. The summed E-state index contributed by atoms with van der Waals surface area (Å²) in [5.74, 6) is 0.114. The van der Waals surface area contributed by atoms with Crippen molar-refractivity contribution < 1.29 is 21.6 Å². The summed E-state index contributed by atoms with van der Waals surface area (Å²) >= 11 is 0. The first-order valence-corrected chi connectivity index (χ1v) is 9.79. The molecule has 1 aromatic carbocycles. The summed E-state index contributed by atoms with van der Waals surface area (Å²) in [7, 11) is -5.22. The van der Waals surface area contributed by atoms with Crippen LogP contribution in [0.5, 0.6) is 0 Å². The van der Waals surface area contributed by atoms with Crippen molar-refractivity contribution >= 4 is 26.6 Å². The Labute approximate surface area is 150 Å². The van der Waals surface area contributed by atoms with Crippen LogP contribution in [0, 0.1) is 12.8 Å². The molecule has 26 heavy (non-hydrogen) atoms. The number of para-hydroxylation sites is 1. The van der Waals surface area contributed by atoms with Gasteiger partial charge in [-0.3, -0.25) is 4.98 Å². The van der Waals surface area contributed by atoms with Crippen LogP contribution in [0.3, 0.4) is 0 Å². The van der Waals surface area contributed by atoms with Crippen molar-refractivity contribution in [2.24, 2.45) is 5.92 Å². The molecule has 1 saturated heterocycles. The summed E-state index contributed by atoms with van der Waals surface area (Å²) in [6, 6.07) is 7.77. The first kappa shape index (κ1) is 18.9. The first-order chi connectivity index (χ1) is 12.2. The number of sulfonamides is 1. The largest absolute Gasteiger partial charge is 0.511 e. The summed E-state index contributed by atoms with van der Waals surface area (Å²) in [5.41, 5.74) is -2.34. The van der Waals surface area contributed by atoms with Gasteiger partial charge in [-0.25, -0.2) is 8.42 Å². The Morgan fingerprint density at radius 1 is 1.23 bits per heavy atom. The van der Waals surface area contributed by atoms with Crippen LogP contribution in [0.4, 0.5) is 18.9 Å². The summed E-state index contributed by atoms with van der Waals surface area (Å²) in [4.78, 5) is 4.38. The number of rotatable bonds is 4. The van der Waals surface area contributed by atoms with Crippen LogP contribution in [-0.4, -0.2) is 42.8 Å². The molecule has 1 aliphatic heterocycles. The fourth-order valence-electron chi connectivity index (χ4n) is 3.23. The molecule has 142 valence electrons. The zero-order valence-corrected chi connectivity index (χ0v) is 15.1. The Balaban J connectivity index is 1.63. The van der Waals surface area contributed by atoms with Gasteiger partial charge in [-0.05, 0) is 37.3 Å². The highest BCUT2D eigenvalue weighted by atomic mass is 32.2. The minimum absolute atomic E-state index is 0.107. The zero-order chi connectivity index (χ0) is 18.9. The number of piperidine rings is 1. The second-order valence-corrected chi connectivity index (χ2v) is 8.43. The lowest BCUT2D eigenvalue weighted by Crippen LogP contribution is -2.45. The molecule has 0 radical (unpaired) electrons. The van der Waals surface area contributed by atoms with Crippen molar-refractivity contribution in [3.05, 3.63) is 36.0 Å². The number of aryl methyl sites for hydroxylation is 1. The van der Waals surface area contributed by atoms with Gasteiger partial charge >= 0.3 is 15.5 Å². The fourth-order valence-corrected chi connectivity index (χ4v) is 4.22. The van der Waals surface area contributed by atoms with Gasteiger partial charge in [-0.15, -0.1) is 0 Å². The van der Waals surface area contributed by atoms with E-state index in [0.29, 0.717) is 23.7 Å². The first-order valence-electron chi connectivity index (χ1n) is 8.35. The Kier molecular flexibility index (Phi) is 5.12. The molecule has 9 heteroatoms. The number of hydrogen-bond acceptors (Lipinski definition) is 4. The van der Waals surface area contributed by atoms with Crippen LogP contribution in [0.1, 0.15) is 18.4 Å². The van der Waals surface area contributed by atoms with Gasteiger partial charge in [0.15, 0.2) is 0 Å². The molecule has 0 bridgehead atoms. The number of alkyl halides is 3. The maximum Gasteiger partial charge on any atom is 0.511 e. The fraction of sp³-hybridized carbons (Fsp3) is 0.471. The Bertz CT molecular complexity index is 892. The number of halogens is 3. The molecule has 1 aliphatic rings. The molecular weight excluding hydrogens is 367 g/mol. The maximum absolute atomic E-state index is 12.6. The quantitative estimate of drug-likeness (QED) is 0.872. The second-order valence-electron chi connectivity index (χ2n) is 6.50. The highest BCUT2D eigenvalue weighted by Crippen LogP contribution is 2.31. The number of nitrogens with one attached hydrogen (secondary N) is 1. The molecule has 0 unspecified atom stereocenters. The summed E-state index contributed by atoms with van der Waals surface area (Å²) in [6.45, 7) is 2.34. The Hall–Kier alpha value is -1.87.